The molecular weight excluding hydrogens is 230 g/mol. The Morgan fingerprint density at radius 3 is 2.78 bits per heavy atom. The smallest absolute Gasteiger partial charge is 0.268 e. The average molecular weight is 243 g/mol. The molecule has 2 aromatic heterocycles. The van der Waals surface area contributed by atoms with Gasteiger partial charge in [-0.2, -0.15) is 0 Å². The van der Waals surface area contributed by atoms with Crippen molar-refractivity contribution in [3.05, 3.63) is 63.8 Å². The third-order valence-electron chi connectivity index (χ3n) is 2.39. The molecule has 18 heavy (non-hydrogen) atoms. The van der Waals surface area contributed by atoms with Crippen molar-refractivity contribution in [2.75, 3.05) is 0 Å². The van der Waals surface area contributed by atoms with Crippen molar-refractivity contribution in [1.82, 2.24) is 15.3 Å². The number of pyridine rings is 2. The third kappa shape index (κ3) is 3.04. The summed E-state index contributed by atoms with van der Waals surface area (Å²) in [4.78, 5) is 29.5. The molecule has 5 heteroatoms. The van der Waals surface area contributed by atoms with Crippen LogP contribution in [0.3, 0.4) is 0 Å². The van der Waals surface area contributed by atoms with Crippen molar-refractivity contribution in [3.63, 3.8) is 0 Å². The highest BCUT2D eigenvalue weighted by Gasteiger charge is 2.05. The Bertz CT molecular complexity index is 619. The fraction of sp³-hybridized carbons (Fsp3) is 0.154. The Labute approximate surface area is 104 Å². The molecule has 2 heterocycles. The van der Waals surface area contributed by atoms with E-state index in [1.165, 1.54) is 6.07 Å². The van der Waals surface area contributed by atoms with Crippen LogP contribution in [0.25, 0.3) is 0 Å². The van der Waals surface area contributed by atoms with E-state index in [0.717, 1.165) is 11.4 Å². The molecule has 0 bridgehead atoms. The molecule has 0 saturated heterocycles. The van der Waals surface area contributed by atoms with Crippen LogP contribution in [0.5, 0.6) is 0 Å². The van der Waals surface area contributed by atoms with Crippen molar-refractivity contribution in [2.45, 2.75) is 13.5 Å². The number of aryl methyl sites for hydroxylation is 1. The molecule has 1 amide bonds. The van der Waals surface area contributed by atoms with Gasteiger partial charge in [-0.3, -0.25) is 14.6 Å². The fourth-order valence-corrected chi connectivity index (χ4v) is 1.54. The van der Waals surface area contributed by atoms with Crippen molar-refractivity contribution in [3.8, 4) is 0 Å². The Balaban J connectivity index is 2.03. The molecule has 0 aromatic carbocycles. The Morgan fingerprint density at radius 1 is 1.28 bits per heavy atom. The Hall–Kier alpha value is -2.43. The first-order valence-corrected chi connectivity index (χ1v) is 5.55. The first kappa shape index (κ1) is 12.0. The minimum absolute atomic E-state index is 0.246. The number of rotatable bonds is 3. The standard InChI is InChI=1S/C13H13N3O2/c1-9-4-2-5-10(15-9)8-14-13(18)11-6-3-7-12(17)16-11/h2-7H,8H2,1H3,(H,14,18)(H,16,17). The van der Waals surface area contributed by atoms with Gasteiger partial charge in [-0.1, -0.05) is 12.1 Å². The average Bonchev–Trinajstić information content (AvgIpc) is 2.36. The predicted molar refractivity (Wildman–Crippen MR) is 67.2 cm³/mol. The molecule has 2 rings (SSSR count). The molecular formula is C13H13N3O2. The predicted octanol–water partition coefficient (Wildman–Crippen LogP) is 1.01. The summed E-state index contributed by atoms with van der Waals surface area (Å²) in [5.41, 5.74) is 1.63. The van der Waals surface area contributed by atoms with E-state index in [1.54, 1.807) is 12.1 Å². The van der Waals surface area contributed by atoms with Gasteiger partial charge in [0.15, 0.2) is 0 Å². The molecule has 0 aliphatic heterocycles. The molecule has 0 aliphatic carbocycles. The van der Waals surface area contributed by atoms with Gasteiger partial charge in [0.25, 0.3) is 5.91 Å². The van der Waals surface area contributed by atoms with Gasteiger partial charge < -0.3 is 10.3 Å². The zero-order valence-electron chi connectivity index (χ0n) is 9.93. The highest BCUT2D eigenvalue weighted by Crippen LogP contribution is 1.98. The van der Waals surface area contributed by atoms with Gasteiger partial charge in [0.1, 0.15) is 5.69 Å². The summed E-state index contributed by atoms with van der Waals surface area (Å²) >= 11 is 0. The summed E-state index contributed by atoms with van der Waals surface area (Å²) in [6.07, 6.45) is 0. The molecule has 0 spiro atoms. The number of hydrogen-bond acceptors (Lipinski definition) is 3. The lowest BCUT2D eigenvalue weighted by Gasteiger charge is -2.05. The summed E-state index contributed by atoms with van der Waals surface area (Å²) in [6, 6.07) is 10.1. The summed E-state index contributed by atoms with van der Waals surface area (Å²) in [5.74, 6) is -0.323. The summed E-state index contributed by atoms with van der Waals surface area (Å²) in [6.45, 7) is 2.22. The van der Waals surface area contributed by atoms with Crippen LogP contribution in [0.15, 0.2) is 41.2 Å². The maximum Gasteiger partial charge on any atom is 0.268 e. The number of hydrogen-bond donors (Lipinski definition) is 2. The zero-order chi connectivity index (χ0) is 13.0. The number of nitrogens with zero attached hydrogens (tertiary/aromatic N) is 1. The molecule has 0 unspecified atom stereocenters. The lowest BCUT2D eigenvalue weighted by molar-refractivity contribution is 0.0945. The van der Waals surface area contributed by atoms with Crippen LogP contribution in [0.1, 0.15) is 21.9 Å². The van der Waals surface area contributed by atoms with Gasteiger partial charge in [-0.15, -0.1) is 0 Å². The summed E-state index contributed by atoms with van der Waals surface area (Å²) in [7, 11) is 0. The fourth-order valence-electron chi connectivity index (χ4n) is 1.54. The number of carbonyl (C=O) groups excluding carboxylic acids is 1. The number of carbonyl (C=O) groups is 1. The summed E-state index contributed by atoms with van der Waals surface area (Å²) in [5, 5.41) is 2.70. The Morgan fingerprint density at radius 2 is 2.06 bits per heavy atom. The third-order valence-corrected chi connectivity index (χ3v) is 2.39. The SMILES string of the molecule is Cc1cccc(CNC(=O)c2cccc(=O)[nH]2)n1. The number of aromatic nitrogens is 2. The first-order valence-electron chi connectivity index (χ1n) is 5.55. The van der Waals surface area contributed by atoms with Crippen LogP contribution >= 0.6 is 0 Å². The van der Waals surface area contributed by atoms with Crippen molar-refractivity contribution < 1.29 is 4.79 Å². The molecule has 92 valence electrons. The van der Waals surface area contributed by atoms with E-state index < -0.39 is 0 Å². The molecule has 0 atom stereocenters. The largest absolute Gasteiger partial charge is 0.345 e. The van der Waals surface area contributed by atoms with Gasteiger partial charge >= 0.3 is 0 Å². The maximum absolute atomic E-state index is 11.7. The van der Waals surface area contributed by atoms with E-state index in [-0.39, 0.29) is 17.2 Å². The van der Waals surface area contributed by atoms with E-state index in [4.69, 9.17) is 0 Å². The summed E-state index contributed by atoms with van der Waals surface area (Å²) < 4.78 is 0. The lowest BCUT2D eigenvalue weighted by atomic mass is 10.3. The van der Waals surface area contributed by atoms with Crippen LogP contribution in [0.4, 0.5) is 0 Å². The number of amides is 1. The molecule has 2 N–H and O–H groups in total. The monoisotopic (exact) mass is 243 g/mol. The van der Waals surface area contributed by atoms with Crippen molar-refractivity contribution >= 4 is 5.91 Å². The minimum atomic E-state index is -0.323. The van der Waals surface area contributed by atoms with E-state index in [1.807, 2.05) is 25.1 Å². The topological polar surface area (TPSA) is 74.8 Å². The van der Waals surface area contributed by atoms with E-state index in [0.29, 0.717) is 6.54 Å². The van der Waals surface area contributed by atoms with Gasteiger partial charge in [-0.25, -0.2) is 0 Å². The van der Waals surface area contributed by atoms with E-state index >= 15 is 0 Å². The molecule has 0 radical (unpaired) electrons. The van der Waals surface area contributed by atoms with Crippen LogP contribution in [0, 0.1) is 6.92 Å². The molecule has 0 aliphatic rings. The van der Waals surface area contributed by atoms with Crippen molar-refractivity contribution in [1.29, 1.82) is 0 Å². The molecule has 0 fully saturated rings. The second-order valence-electron chi connectivity index (χ2n) is 3.88. The van der Waals surface area contributed by atoms with Crippen molar-refractivity contribution in [2.24, 2.45) is 0 Å². The zero-order valence-corrected chi connectivity index (χ0v) is 9.93. The second-order valence-corrected chi connectivity index (χ2v) is 3.88. The molecule has 2 aromatic rings. The van der Waals surface area contributed by atoms with Crippen LogP contribution < -0.4 is 10.9 Å². The quantitative estimate of drug-likeness (QED) is 0.844. The van der Waals surface area contributed by atoms with Gasteiger partial charge in [0.2, 0.25) is 5.56 Å². The number of H-pyrrole nitrogens is 1. The highest BCUT2D eigenvalue weighted by molar-refractivity contribution is 5.92. The van der Waals surface area contributed by atoms with E-state index in [9.17, 15) is 9.59 Å². The van der Waals surface area contributed by atoms with Crippen LogP contribution in [-0.2, 0) is 6.54 Å². The normalized spacial score (nSPS) is 10.1. The van der Waals surface area contributed by atoms with Gasteiger partial charge in [0.05, 0.1) is 12.2 Å². The minimum Gasteiger partial charge on any atom is -0.345 e. The van der Waals surface area contributed by atoms with Gasteiger partial charge in [-0.05, 0) is 25.1 Å². The molecule has 5 nitrogen and oxygen atoms in total. The number of nitrogens with one attached hydrogen (secondary N) is 2. The second kappa shape index (κ2) is 5.27. The maximum atomic E-state index is 11.7. The van der Waals surface area contributed by atoms with E-state index in [2.05, 4.69) is 15.3 Å². The Kier molecular flexibility index (Phi) is 3.52. The van der Waals surface area contributed by atoms with Crippen LogP contribution in [-0.4, -0.2) is 15.9 Å². The molecule has 0 saturated carbocycles. The number of aromatic amines is 1. The van der Waals surface area contributed by atoms with Gasteiger partial charge in [0, 0.05) is 11.8 Å². The lowest BCUT2D eigenvalue weighted by Crippen LogP contribution is -2.26. The first-order chi connectivity index (χ1) is 8.65. The highest BCUT2D eigenvalue weighted by atomic mass is 16.2. The van der Waals surface area contributed by atoms with Crippen LogP contribution in [0.2, 0.25) is 0 Å².